The Balaban J connectivity index is 1.98. The van der Waals surface area contributed by atoms with Gasteiger partial charge in [0.15, 0.2) is 6.33 Å². The highest BCUT2D eigenvalue weighted by Crippen LogP contribution is 2.10. The number of nitrogens with one attached hydrogen (secondary N) is 1. The zero-order valence-corrected chi connectivity index (χ0v) is 11.7. The summed E-state index contributed by atoms with van der Waals surface area (Å²) in [6.45, 7) is 2.66. The van der Waals surface area contributed by atoms with Crippen molar-refractivity contribution in [3.05, 3.63) is 47.1 Å². The lowest BCUT2D eigenvalue weighted by Gasteiger charge is -2.05. The molecule has 6 nitrogen and oxygen atoms in total. The highest BCUT2D eigenvalue weighted by Gasteiger charge is 2.07. The summed E-state index contributed by atoms with van der Waals surface area (Å²) in [6, 6.07) is 5.40. The number of nitrogens with two attached hydrogens (primary N) is 1. The van der Waals surface area contributed by atoms with E-state index >= 15 is 0 Å². The summed E-state index contributed by atoms with van der Waals surface area (Å²) in [7, 11) is 0. The molecule has 0 fully saturated rings. The standard InChI is InChI=1S/C15H16N4O2/c1-11-4-5-13(9-12(11)3-2-7-16)15(20)17-8-6-14-18-10-19-21-14/h4-5,9-10H,6-8,16H2,1H3,(H,17,20). The molecule has 0 aliphatic carbocycles. The molecule has 0 saturated carbocycles. The average Bonchev–Trinajstić information content (AvgIpc) is 2.99. The summed E-state index contributed by atoms with van der Waals surface area (Å²) in [5.74, 6) is 6.08. The minimum atomic E-state index is -0.162. The quantitative estimate of drug-likeness (QED) is 0.804. The molecule has 0 unspecified atom stereocenters. The zero-order valence-electron chi connectivity index (χ0n) is 11.7. The van der Waals surface area contributed by atoms with Gasteiger partial charge in [0.05, 0.1) is 6.54 Å². The number of benzene rings is 1. The molecule has 0 aliphatic heterocycles. The number of nitrogens with zero attached hydrogens (tertiary/aromatic N) is 2. The Hall–Kier alpha value is -2.65. The molecule has 0 aliphatic rings. The van der Waals surface area contributed by atoms with E-state index in [0.717, 1.165) is 11.1 Å². The van der Waals surface area contributed by atoms with Gasteiger partial charge in [-0.25, -0.2) is 0 Å². The molecule has 2 aromatic rings. The smallest absolute Gasteiger partial charge is 0.251 e. The molecule has 1 heterocycles. The van der Waals surface area contributed by atoms with Crippen LogP contribution >= 0.6 is 0 Å². The van der Waals surface area contributed by atoms with Crippen LogP contribution in [-0.4, -0.2) is 29.1 Å². The average molecular weight is 284 g/mol. The number of carbonyl (C=O) groups excluding carboxylic acids is 1. The topological polar surface area (TPSA) is 94.0 Å². The molecule has 6 heteroatoms. The first kappa shape index (κ1) is 14.8. The normalized spacial score (nSPS) is 9.81. The van der Waals surface area contributed by atoms with Crippen molar-refractivity contribution in [3.8, 4) is 11.8 Å². The fourth-order valence-electron chi connectivity index (χ4n) is 1.74. The lowest BCUT2D eigenvalue weighted by atomic mass is 10.0. The third kappa shape index (κ3) is 4.16. The lowest BCUT2D eigenvalue weighted by molar-refractivity contribution is 0.0953. The van der Waals surface area contributed by atoms with Crippen molar-refractivity contribution >= 4 is 5.91 Å². The molecule has 0 atom stereocenters. The van der Waals surface area contributed by atoms with Crippen LogP contribution in [-0.2, 0) is 6.42 Å². The summed E-state index contributed by atoms with van der Waals surface area (Å²) < 4.78 is 4.86. The first-order valence-electron chi connectivity index (χ1n) is 6.54. The van der Waals surface area contributed by atoms with E-state index in [1.165, 1.54) is 6.33 Å². The second-order valence-corrected chi connectivity index (χ2v) is 4.38. The molecule has 1 aromatic carbocycles. The van der Waals surface area contributed by atoms with Crippen molar-refractivity contribution in [1.82, 2.24) is 15.5 Å². The van der Waals surface area contributed by atoms with Crippen LogP contribution in [0, 0.1) is 18.8 Å². The molecule has 0 saturated heterocycles. The number of amides is 1. The minimum absolute atomic E-state index is 0.162. The van der Waals surface area contributed by atoms with E-state index in [2.05, 4.69) is 27.3 Å². The highest BCUT2D eigenvalue weighted by atomic mass is 16.5. The maximum absolute atomic E-state index is 12.1. The maximum atomic E-state index is 12.1. The molecule has 21 heavy (non-hydrogen) atoms. The van der Waals surface area contributed by atoms with Gasteiger partial charge in [0.25, 0.3) is 5.91 Å². The molecule has 2 rings (SSSR count). The zero-order chi connectivity index (χ0) is 15.1. The second-order valence-electron chi connectivity index (χ2n) is 4.38. The predicted molar refractivity (Wildman–Crippen MR) is 77.4 cm³/mol. The minimum Gasteiger partial charge on any atom is -0.352 e. The Kier molecular flexibility index (Phi) is 5.07. The number of hydrogen-bond donors (Lipinski definition) is 2. The van der Waals surface area contributed by atoms with Crippen molar-refractivity contribution in [2.24, 2.45) is 5.73 Å². The Morgan fingerprint density at radius 3 is 3.05 bits per heavy atom. The van der Waals surface area contributed by atoms with E-state index in [1.807, 2.05) is 13.0 Å². The van der Waals surface area contributed by atoms with Gasteiger partial charge in [0.1, 0.15) is 0 Å². The molecule has 0 bridgehead atoms. The number of rotatable bonds is 4. The summed E-state index contributed by atoms with van der Waals surface area (Å²) in [5, 5.41) is 6.30. The van der Waals surface area contributed by atoms with Gasteiger partial charge >= 0.3 is 0 Å². The fourth-order valence-corrected chi connectivity index (χ4v) is 1.74. The number of carbonyl (C=O) groups is 1. The second kappa shape index (κ2) is 7.22. The van der Waals surface area contributed by atoms with Crippen molar-refractivity contribution < 1.29 is 9.32 Å². The van der Waals surface area contributed by atoms with E-state index < -0.39 is 0 Å². The van der Waals surface area contributed by atoms with E-state index in [9.17, 15) is 4.79 Å². The van der Waals surface area contributed by atoms with Crippen molar-refractivity contribution in [2.45, 2.75) is 13.3 Å². The number of hydrogen-bond acceptors (Lipinski definition) is 5. The highest BCUT2D eigenvalue weighted by molar-refractivity contribution is 5.94. The van der Waals surface area contributed by atoms with Crippen LogP contribution in [0.3, 0.4) is 0 Å². The third-order valence-corrected chi connectivity index (χ3v) is 2.86. The first-order chi connectivity index (χ1) is 10.2. The van der Waals surface area contributed by atoms with Gasteiger partial charge in [-0.2, -0.15) is 4.98 Å². The van der Waals surface area contributed by atoms with Gasteiger partial charge in [-0.15, -0.1) is 0 Å². The van der Waals surface area contributed by atoms with Gasteiger partial charge in [0, 0.05) is 24.1 Å². The first-order valence-corrected chi connectivity index (χ1v) is 6.54. The molecule has 0 spiro atoms. The summed E-state index contributed by atoms with van der Waals surface area (Å²) in [6.07, 6.45) is 1.83. The summed E-state index contributed by atoms with van der Waals surface area (Å²) in [5.41, 5.74) is 7.75. The number of aryl methyl sites for hydroxylation is 1. The summed E-state index contributed by atoms with van der Waals surface area (Å²) in [4.78, 5) is 15.9. The van der Waals surface area contributed by atoms with E-state index in [-0.39, 0.29) is 5.91 Å². The molecular formula is C15H16N4O2. The Morgan fingerprint density at radius 1 is 1.48 bits per heavy atom. The lowest BCUT2D eigenvalue weighted by Crippen LogP contribution is -2.25. The molecule has 0 radical (unpaired) electrons. The summed E-state index contributed by atoms with van der Waals surface area (Å²) >= 11 is 0. The van der Waals surface area contributed by atoms with Crippen LogP contribution in [0.25, 0.3) is 0 Å². The van der Waals surface area contributed by atoms with Gasteiger partial charge in [-0.1, -0.05) is 23.1 Å². The predicted octanol–water partition coefficient (Wildman–Crippen LogP) is 0.661. The van der Waals surface area contributed by atoms with Gasteiger partial charge < -0.3 is 15.6 Å². The van der Waals surface area contributed by atoms with Crippen molar-refractivity contribution in [2.75, 3.05) is 13.1 Å². The van der Waals surface area contributed by atoms with E-state index in [1.54, 1.807) is 12.1 Å². The van der Waals surface area contributed by atoms with Crippen LogP contribution < -0.4 is 11.1 Å². The number of aromatic nitrogens is 2. The molecule has 3 N–H and O–H groups in total. The molecular weight excluding hydrogens is 268 g/mol. The van der Waals surface area contributed by atoms with Crippen molar-refractivity contribution in [1.29, 1.82) is 0 Å². The van der Waals surface area contributed by atoms with E-state index in [0.29, 0.717) is 31.0 Å². The monoisotopic (exact) mass is 284 g/mol. The van der Waals surface area contributed by atoms with Crippen LogP contribution in [0.15, 0.2) is 29.0 Å². The molecule has 108 valence electrons. The Morgan fingerprint density at radius 2 is 2.33 bits per heavy atom. The van der Waals surface area contributed by atoms with Gasteiger partial charge in [0.2, 0.25) is 5.89 Å². The van der Waals surface area contributed by atoms with Crippen molar-refractivity contribution in [3.63, 3.8) is 0 Å². The van der Waals surface area contributed by atoms with Crippen LogP contribution in [0.4, 0.5) is 0 Å². The van der Waals surface area contributed by atoms with Crippen LogP contribution in [0.2, 0.25) is 0 Å². The van der Waals surface area contributed by atoms with Crippen LogP contribution in [0.1, 0.15) is 27.4 Å². The SMILES string of the molecule is Cc1ccc(C(=O)NCCc2ncno2)cc1C#CCN. The van der Waals surface area contributed by atoms with Gasteiger partial charge in [-0.05, 0) is 24.6 Å². The van der Waals surface area contributed by atoms with Gasteiger partial charge in [-0.3, -0.25) is 4.79 Å². The fraction of sp³-hybridized carbons (Fsp3) is 0.267. The molecule has 1 aromatic heterocycles. The van der Waals surface area contributed by atoms with E-state index in [4.69, 9.17) is 10.3 Å². The third-order valence-electron chi connectivity index (χ3n) is 2.86. The Labute approximate surface area is 122 Å². The molecule has 1 amide bonds. The largest absolute Gasteiger partial charge is 0.352 e. The van der Waals surface area contributed by atoms with Crippen LogP contribution in [0.5, 0.6) is 0 Å². The maximum Gasteiger partial charge on any atom is 0.251 e. The Bertz CT molecular complexity index is 669.